The van der Waals surface area contributed by atoms with Crippen molar-refractivity contribution in [2.24, 2.45) is 0 Å². The number of carbonyl (C=O) groups is 1. The van der Waals surface area contributed by atoms with Gasteiger partial charge in [0.05, 0.1) is 12.2 Å². The van der Waals surface area contributed by atoms with E-state index in [0.717, 1.165) is 21.8 Å². The molecular formula is C20H14ClN3O2S. The number of hydrogen-bond donors (Lipinski definition) is 1. The van der Waals surface area contributed by atoms with Gasteiger partial charge in [0.15, 0.2) is 11.5 Å². The first-order valence-corrected chi connectivity index (χ1v) is 9.45. The fourth-order valence-electron chi connectivity index (χ4n) is 2.50. The summed E-state index contributed by atoms with van der Waals surface area (Å²) in [5.74, 6) is 0.199. The Kier molecular flexibility index (Phi) is 5.00. The molecule has 4 rings (SSSR count). The van der Waals surface area contributed by atoms with Crippen LogP contribution in [0.25, 0.3) is 21.9 Å². The van der Waals surface area contributed by atoms with Gasteiger partial charge in [-0.2, -0.15) is 0 Å². The van der Waals surface area contributed by atoms with Gasteiger partial charge in [-0.1, -0.05) is 47.1 Å². The number of halogens is 1. The molecule has 0 atom stereocenters. The summed E-state index contributed by atoms with van der Waals surface area (Å²) in [6, 6.07) is 18.7. The first-order chi connectivity index (χ1) is 13.2. The molecule has 2 aromatic heterocycles. The van der Waals surface area contributed by atoms with Crippen LogP contribution in [0.15, 0.2) is 70.6 Å². The Morgan fingerprint density at radius 3 is 2.63 bits per heavy atom. The molecule has 7 heteroatoms. The van der Waals surface area contributed by atoms with E-state index in [0.29, 0.717) is 17.3 Å². The fraction of sp³-hybridized carbons (Fsp3) is 0.0500. The van der Waals surface area contributed by atoms with Gasteiger partial charge in [-0.05, 0) is 24.3 Å². The lowest BCUT2D eigenvalue weighted by Gasteiger charge is -1.99. The number of rotatable bonds is 5. The van der Waals surface area contributed by atoms with E-state index in [-0.39, 0.29) is 11.6 Å². The normalized spacial score (nSPS) is 10.7. The number of nitrogens with zero attached hydrogens (tertiary/aromatic N) is 2. The van der Waals surface area contributed by atoms with Crippen molar-refractivity contribution in [1.29, 1.82) is 0 Å². The molecular weight excluding hydrogens is 382 g/mol. The molecule has 0 bridgehead atoms. The van der Waals surface area contributed by atoms with E-state index in [2.05, 4.69) is 15.5 Å². The number of nitrogens with one attached hydrogen (secondary N) is 1. The SMILES string of the molecule is O=C(NCc1csc(-c2ccccc2)n1)c1cc(-c2ccc(Cl)cc2)on1. The Balaban J connectivity index is 1.40. The minimum Gasteiger partial charge on any atom is -0.355 e. The highest BCUT2D eigenvalue weighted by Crippen LogP contribution is 2.24. The van der Waals surface area contributed by atoms with Crippen molar-refractivity contribution in [3.8, 4) is 21.9 Å². The van der Waals surface area contributed by atoms with Gasteiger partial charge in [-0.15, -0.1) is 11.3 Å². The fourth-order valence-corrected chi connectivity index (χ4v) is 3.45. The van der Waals surface area contributed by atoms with Gasteiger partial charge in [0.25, 0.3) is 5.91 Å². The van der Waals surface area contributed by atoms with Crippen LogP contribution in [-0.4, -0.2) is 16.0 Å². The van der Waals surface area contributed by atoms with Crippen molar-refractivity contribution in [3.05, 3.63) is 82.5 Å². The third kappa shape index (κ3) is 4.07. The van der Waals surface area contributed by atoms with E-state index in [1.54, 1.807) is 29.5 Å². The van der Waals surface area contributed by atoms with Crippen LogP contribution in [0.1, 0.15) is 16.2 Å². The van der Waals surface area contributed by atoms with Crippen LogP contribution in [0.4, 0.5) is 0 Å². The Hall–Kier alpha value is -2.96. The average molecular weight is 396 g/mol. The molecule has 0 saturated carbocycles. The third-order valence-electron chi connectivity index (χ3n) is 3.87. The molecule has 27 heavy (non-hydrogen) atoms. The minimum absolute atomic E-state index is 0.221. The average Bonchev–Trinajstić information content (AvgIpc) is 3.37. The van der Waals surface area contributed by atoms with Crippen LogP contribution >= 0.6 is 22.9 Å². The number of aromatic nitrogens is 2. The Bertz CT molecular complexity index is 1060. The molecule has 0 unspecified atom stereocenters. The van der Waals surface area contributed by atoms with Crippen LogP contribution in [0.3, 0.4) is 0 Å². The topological polar surface area (TPSA) is 68.0 Å². The molecule has 0 fully saturated rings. The van der Waals surface area contributed by atoms with Crippen molar-refractivity contribution < 1.29 is 9.32 Å². The van der Waals surface area contributed by atoms with Gasteiger partial charge in [-0.25, -0.2) is 4.98 Å². The summed E-state index contributed by atoms with van der Waals surface area (Å²) < 4.78 is 5.26. The van der Waals surface area contributed by atoms with E-state index in [1.165, 1.54) is 0 Å². The zero-order chi connectivity index (χ0) is 18.6. The van der Waals surface area contributed by atoms with Crippen molar-refractivity contribution >= 4 is 28.8 Å². The van der Waals surface area contributed by atoms with Crippen LogP contribution < -0.4 is 5.32 Å². The Labute approximate surface area is 164 Å². The third-order valence-corrected chi connectivity index (χ3v) is 5.07. The molecule has 0 aliphatic heterocycles. The lowest BCUT2D eigenvalue weighted by Crippen LogP contribution is -2.23. The Morgan fingerprint density at radius 2 is 1.85 bits per heavy atom. The van der Waals surface area contributed by atoms with Crippen molar-refractivity contribution in [1.82, 2.24) is 15.5 Å². The number of amides is 1. The first kappa shape index (κ1) is 17.5. The number of benzene rings is 2. The first-order valence-electron chi connectivity index (χ1n) is 8.20. The molecule has 4 aromatic rings. The predicted octanol–water partition coefficient (Wildman–Crippen LogP) is 5.05. The van der Waals surface area contributed by atoms with E-state index in [1.807, 2.05) is 47.8 Å². The Morgan fingerprint density at radius 1 is 1.07 bits per heavy atom. The minimum atomic E-state index is -0.312. The summed E-state index contributed by atoms with van der Waals surface area (Å²) in [6.45, 7) is 0.325. The van der Waals surface area contributed by atoms with Gasteiger partial charge in [0.1, 0.15) is 5.01 Å². The summed E-state index contributed by atoms with van der Waals surface area (Å²) in [4.78, 5) is 16.9. The van der Waals surface area contributed by atoms with Crippen LogP contribution in [-0.2, 0) is 6.54 Å². The molecule has 0 saturated heterocycles. The highest BCUT2D eigenvalue weighted by atomic mass is 35.5. The molecule has 134 valence electrons. The summed E-state index contributed by atoms with van der Waals surface area (Å²) in [6.07, 6.45) is 0. The second kappa shape index (κ2) is 7.73. The van der Waals surface area contributed by atoms with E-state index < -0.39 is 0 Å². The van der Waals surface area contributed by atoms with Gasteiger partial charge >= 0.3 is 0 Å². The molecule has 2 aromatic carbocycles. The van der Waals surface area contributed by atoms with E-state index >= 15 is 0 Å². The lowest BCUT2D eigenvalue weighted by molar-refractivity contribution is 0.0941. The maximum atomic E-state index is 12.3. The smallest absolute Gasteiger partial charge is 0.273 e. The molecule has 1 N–H and O–H groups in total. The van der Waals surface area contributed by atoms with Gasteiger partial charge in [0, 0.05) is 27.6 Å². The maximum Gasteiger partial charge on any atom is 0.273 e. The molecule has 0 spiro atoms. The van der Waals surface area contributed by atoms with E-state index in [9.17, 15) is 4.79 Å². The lowest BCUT2D eigenvalue weighted by atomic mass is 10.1. The maximum absolute atomic E-state index is 12.3. The summed E-state index contributed by atoms with van der Waals surface area (Å²) in [7, 11) is 0. The predicted molar refractivity (Wildman–Crippen MR) is 106 cm³/mol. The summed E-state index contributed by atoms with van der Waals surface area (Å²) >= 11 is 7.42. The van der Waals surface area contributed by atoms with Crippen LogP contribution in [0, 0.1) is 0 Å². The van der Waals surface area contributed by atoms with Gasteiger partial charge in [-0.3, -0.25) is 4.79 Å². The highest BCUT2D eigenvalue weighted by molar-refractivity contribution is 7.13. The number of thiazole rings is 1. The molecule has 5 nitrogen and oxygen atoms in total. The molecule has 0 aliphatic rings. The second-order valence-electron chi connectivity index (χ2n) is 5.78. The zero-order valence-corrected chi connectivity index (χ0v) is 15.6. The number of carbonyl (C=O) groups excluding carboxylic acids is 1. The zero-order valence-electron chi connectivity index (χ0n) is 14.1. The molecule has 2 heterocycles. The largest absolute Gasteiger partial charge is 0.355 e. The molecule has 0 radical (unpaired) electrons. The van der Waals surface area contributed by atoms with Crippen LogP contribution in [0.2, 0.25) is 5.02 Å². The van der Waals surface area contributed by atoms with Gasteiger partial charge in [0.2, 0.25) is 0 Å². The summed E-state index contributed by atoms with van der Waals surface area (Å²) in [5.41, 5.74) is 2.88. The number of hydrogen-bond acceptors (Lipinski definition) is 5. The second-order valence-corrected chi connectivity index (χ2v) is 7.07. The molecule has 0 aliphatic carbocycles. The standard InChI is InChI=1S/C20H14ClN3O2S/c21-15-8-6-13(7-9-15)18-10-17(24-26-18)19(25)22-11-16-12-27-20(23-16)14-4-2-1-3-5-14/h1-10,12H,11H2,(H,22,25). The van der Waals surface area contributed by atoms with Crippen molar-refractivity contribution in [2.75, 3.05) is 0 Å². The van der Waals surface area contributed by atoms with Gasteiger partial charge < -0.3 is 9.84 Å². The highest BCUT2D eigenvalue weighted by Gasteiger charge is 2.14. The summed E-state index contributed by atoms with van der Waals surface area (Å²) in [5, 5.41) is 10.1. The monoisotopic (exact) mass is 395 g/mol. The molecule has 1 amide bonds. The van der Waals surface area contributed by atoms with Crippen molar-refractivity contribution in [3.63, 3.8) is 0 Å². The van der Waals surface area contributed by atoms with Crippen molar-refractivity contribution in [2.45, 2.75) is 6.54 Å². The van der Waals surface area contributed by atoms with Crippen LogP contribution in [0.5, 0.6) is 0 Å². The van der Waals surface area contributed by atoms with E-state index in [4.69, 9.17) is 16.1 Å². The quantitative estimate of drug-likeness (QED) is 0.513.